The molecule has 0 fully saturated rings. The van der Waals surface area contributed by atoms with Crippen molar-refractivity contribution in [3.8, 4) is 0 Å². The number of oxime groups is 1. The van der Waals surface area contributed by atoms with Crippen molar-refractivity contribution in [3.63, 3.8) is 0 Å². The first-order valence-corrected chi connectivity index (χ1v) is 5.51. The normalized spacial score (nSPS) is 10.9. The molecule has 92 valence electrons. The maximum Gasteiger partial charge on any atom is 0.150 e. The van der Waals surface area contributed by atoms with Gasteiger partial charge >= 0.3 is 0 Å². The third kappa shape index (κ3) is 3.10. The van der Waals surface area contributed by atoms with Gasteiger partial charge in [0.25, 0.3) is 0 Å². The van der Waals surface area contributed by atoms with Crippen LogP contribution in [0, 0.1) is 5.82 Å². The lowest BCUT2D eigenvalue weighted by molar-refractivity contribution is 0.321. The molecule has 0 unspecified atom stereocenters. The molecule has 0 radical (unpaired) electrons. The zero-order chi connectivity index (χ0) is 12.8. The predicted molar refractivity (Wildman–Crippen MR) is 65.2 cm³/mol. The fraction of sp³-hybridized carbons (Fsp3) is 0.154. The molecule has 0 amide bonds. The van der Waals surface area contributed by atoms with Gasteiger partial charge in [-0.2, -0.15) is 0 Å². The zero-order valence-electron chi connectivity index (χ0n) is 9.62. The highest BCUT2D eigenvalue weighted by molar-refractivity contribution is 5.76. The van der Waals surface area contributed by atoms with Crippen molar-refractivity contribution in [2.45, 2.75) is 12.8 Å². The molecule has 2 aromatic rings. The third-order valence-corrected chi connectivity index (χ3v) is 2.50. The number of halogens is 1. The largest absolute Gasteiger partial charge is 0.411 e. The standard InChI is InChI=1S/C13H12FN3O/c14-12-6-5-11(17-13(12)9-16-18)4-3-10-2-1-7-15-8-10/h1-2,5-9,18H,3-4H2/b16-9+. The van der Waals surface area contributed by atoms with E-state index >= 15 is 0 Å². The van der Waals surface area contributed by atoms with Gasteiger partial charge < -0.3 is 5.21 Å². The topological polar surface area (TPSA) is 58.4 Å². The van der Waals surface area contributed by atoms with Gasteiger partial charge in [0, 0.05) is 18.1 Å². The van der Waals surface area contributed by atoms with E-state index in [1.165, 1.54) is 6.07 Å². The van der Waals surface area contributed by atoms with E-state index in [9.17, 15) is 4.39 Å². The van der Waals surface area contributed by atoms with Gasteiger partial charge in [0.05, 0.1) is 6.21 Å². The quantitative estimate of drug-likeness (QED) is 0.510. The van der Waals surface area contributed by atoms with E-state index in [1.54, 1.807) is 18.5 Å². The van der Waals surface area contributed by atoms with Gasteiger partial charge in [-0.3, -0.25) is 4.98 Å². The number of pyridine rings is 2. The van der Waals surface area contributed by atoms with Gasteiger partial charge in [0.15, 0.2) is 5.82 Å². The first-order valence-electron chi connectivity index (χ1n) is 5.51. The minimum atomic E-state index is -0.502. The van der Waals surface area contributed by atoms with Crippen molar-refractivity contribution in [2.75, 3.05) is 0 Å². The number of aromatic nitrogens is 2. The molecule has 0 spiro atoms. The van der Waals surface area contributed by atoms with Crippen LogP contribution in [0.1, 0.15) is 17.0 Å². The van der Waals surface area contributed by atoms with Crippen molar-refractivity contribution < 1.29 is 9.60 Å². The summed E-state index contributed by atoms with van der Waals surface area (Å²) in [4.78, 5) is 8.10. The van der Waals surface area contributed by atoms with Gasteiger partial charge in [-0.25, -0.2) is 9.37 Å². The van der Waals surface area contributed by atoms with Gasteiger partial charge in [0.1, 0.15) is 5.69 Å². The highest BCUT2D eigenvalue weighted by Crippen LogP contribution is 2.07. The summed E-state index contributed by atoms with van der Waals surface area (Å²) in [7, 11) is 0. The molecule has 5 heteroatoms. The summed E-state index contributed by atoms with van der Waals surface area (Å²) in [5, 5.41) is 11.2. The van der Waals surface area contributed by atoms with Crippen molar-refractivity contribution in [1.29, 1.82) is 0 Å². The summed E-state index contributed by atoms with van der Waals surface area (Å²) in [5.74, 6) is -0.502. The Kier molecular flexibility index (Phi) is 3.96. The van der Waals surface area contributed by atoms with E-state index in [0.717, 1.165) is 23.9 Å². The number of nitrogens with zero attached hydrogens (tertiary/aromatic N) is 3. The van der Waals surface area contributed by atoms with E-state index in [2.05, 4.69) is 15.1 Å². The molecular formula is C13H12FN3O. The van der Waals surface area contributed by atoms with Crippen molar-refractivity contribution >= 4 is 6.21 Å². The zero-order valence-corrected chi connectivity index (χ0v) is 9.62. The molecule has 0 aromatic carbocycles. The Morgan fingerprint density at radius 1 is 1.28 bits per heavy atom. The van der Waals surface area contributed by atoms with Crippen LogP contribution in [0.4, 0.5) is 4.39 Å². The number of hydrogen-bond donors (Lipinski definition) is 1. The van der Waals surface area contributed by atoms with Crippen molar-refractivity contribution in [2.24, 2.45) is 5.16 Å². The summed E-state index contributed by atoms with van der Waals surface area (Å²) in [6, 6.07) is 6.80. The lowest BCUT2D eigenvalue weighted by Crippen LogP contribution is -2.00. The van der Waals surface area contributed by atoms with Crippen LogP contribution in [-0.4, -0.2) is 21.4 Å². The fourth-order valence-electron chi connectivity index (χ4n) is 1.60. The molecule has 1 N–H and O–H groups in total. The highest BCUT2D eigenvalue weighted by atomic mass is 19.1. The van der Waals surface area contributed by atoms with Crippen LogP contribution < -0.4 is 0 Å². The second-order valence-corrected chi connectivity index (χ2v) is 3.78. The number of aryl methyl sites for hydroxylation is 2. The Morgan fingerprint density at radius 3 is 2.89 bits per heavy atom. The molecule has 0 aliphatic carbocycles. The van der Waals surface area contributed by atoms with Gasteiger partial charge in [-0.05, 0) is 36.6 Å². The molecule has 0 saturated carbocycles. The minimum Gasteiger partial charge on any atom is -0.411 e. The average Bonchev–Trinajstić information content (AvgIpc) is 2.41. The van der Waals surface area contributed by atoms with Gasteiger partial charge in [-0.1, -0.05) is 11.2 Å². The van der Waals surface area contributed by atoms with Crippen LogP contribution in [0.15, 0.2) is 41.8 Å². The van der Waals surface area contributed by atoms with E-state index in [0.29, 0.717) is 6.42 Å². The molecule has 2 aromatic heterocycles. The summed E-state index contributed by atoms with van der Waals surface area (Å²) in [6.45, 7) is 0. The summed E-state index contributed by atoms with van der Waals surface area (Å²) >= 11 is 0. The highest BCUT2D eigenvalue weighted by Gasteiger charge is 2.04. The summed E-state index contributed by atoms with van der Waals surface area (Å²) < 4.78 is 13.2. The molecular weight excluding hydrogens is 233 g/mol. The van der Waals surface area contributed by atoms with Gasteiger partial charge in [0.2, 0.25) is 0 Å². The first-order chi connectivity index (χ1) is 8.79. The first kappa shape index (κ1) is 12.2. The van der Waals surface area contributed by atoms with Crippen LogP contribution in [0.3, 0.4) is 0 Å². The van der Waals surface area contributed by atoms with Crippen LogP contribution >= 0.6 is 0 Å². The Balaban J connectivity index is 2.08. The van der Waals surface area contributed by atoms with Crippen LogP contribution in [0.2, 0.25) is 0 Å². The number of hydrogen-bond acceptors (Lipinski definition) is 4. The Hall–Kier alpha value is -2.30. The smallest absolute Gasteiger partial charge is 0.150 e. The average molecular weight is 245 g/mol. The second kappa shape index (κ2) is 5.86. The molecule has 0 atom stereocenters. The molecule has 0 aliphatic heterocycles. The molecule has 0 bridgehead atoms. The molecule has 2 heterocycles. The number of rotatable bonds is 4. The molecule has 18 heavy (non-hydrogen) atoms. The van der Waals surface area contributed by atoms with Crippen LogP contribution in [0.25, 0.3) is 0 Å². The lowest BCUT2D eigenvalue weighted by atomic mass is 10.1. The van der Waals surface area contributed by atoms with Crippen LogP contribution in [-0.2, 0) is 12.8 Å². The van der Waals surface area contributed by atoms with E-state index in [-0.39, 0.29) is 5.69 Å². The lowest BCUT2D eigenvalue weighted by Gasteiger charge is -2.02. The Morgan fingerprint density at radius 2 is 2.17 bits per heavy atom. The Bertz CT molecular complexity index is 543. The van der Waals surface area contributed by atoms with E-state index in [4.69, 9.17) is 5.21 Å². The molecule has 2 rings (SSSR count). The summed E-state index contributed by atoms with van der Waals surface area (Å²) in [5.41, 5.74) is 1.89. The van der Waals surface area contributed by atoms with Crippen LogP contribution in [0.5, 0.6) is 0 Å². The van der Waals surface area contributed by atoms with Gasteiger partial charge in [-0.15, -0.1) is 0 Å². The summed E-state index contributed by atoms with van der Waals surface area (Å²) in [6.07, 6.45) is 5.96. The molecule has 0 saturated heterocycles. The molecule has 4 nitrogen and oxygen atoms in total. The fourth-order valence-corrected chi connectivity index (χ4v) is 1.60. The maximum atomic E-state index is 13.2. The minimum absolute atomic E-state index is 0.0428. The third-order valence-electron chi connectivity index (χ3n) is 2.50. The Labute approximate surface area is 104 Å². The predicted octanol–water partition coefficient (Wildman–Crippen LogP) is 2.21. The maximum absolute atomic E-state index is 13.2. The van der Waals surface area contributed by atoms with Crippen molar-refractivity contribution in [1.82, 2.24) is 9.97 Å². The molecule has 0 aliphatic rings. The SMILES string of the molecule is O/N=C/c1nc(CCc2cccnc2)ccc1F. The van der Waals surface area contributed by atoms with E-state index in [1.807, 2.05) is 12.1 Å². The van der Waals surface area contributed by atoms with E-state index < -0.39 is 5.82 Å². The monoisotopic (exact) mass is 245 g/mol. The second-order valence-electron chi connectivity index (χ2n) is 3.78. The van der Waals surface area contributed by atoms with Crippen molar-refractivity contribution in [3.05, 3.63) is 59.4 Å².